The van der Waals surface area contributed by atoms with Crippen molar-refractivity contribution in [1.82, 2.24) is 0 Å². The number of aromatic hydroxyl groups is 1. The van der Waals surface area contributed by atoms with Gasteiger partial charge >= 0.3 is 5.63 Å². The lowest BCUT2D eigenvalue weighted by Gasteiger charge is -2.34. The molecule has 4 rings (SSSR count). The van der Waals surface area contributed by atoms with Crippen molar-refractivity contribution in [3.05, 3.63) is 46.3 Å². The summed E-state index contributed by atoms with van der Waals surface area (Å²) in [6, 6.07) is 7.66. The van der Waals surface area contributed by atoms with E-state index < -0.39 is 24.4 Å². The van der Waals surface area contributed by atoms with Gasteiger partial charge in [-0.05, 0) is 24.3 Å². The second-order valence-electron chi connectivity index (χ2n) is 6.56. The number of phenolic OH excluding ortho intramolecular Hbond substituents is 1. The first-order valence-corrected chi connectivity index (χ1v) is 9.04. The van der Waals surface area contributed by atoms with Crippen LogP contribution in [0.5, 0.6) is 34.5 Å². The molecule has 2 N–H and O–H groups in total. The molecule has 0 amide bonds. The van der Waals surface area contributed by atoms with Crippen LogP contribution in [-0.4, -0.2) is 44.3 Å². The van der Waals surface area contributed by atoms with Gasteiger partial charge in [-0.1, -0.05) is 0 Å². The zero-order chi connectivity index (χ0) is 21.4. The average molecular weight is 416 g/mol. The summed E-state index contributed by atoms with van der Waals surface area (Å²) in [7, 11) is 4.29. The van der Waals surface area contributed by atoms with E-state index in [4.69, 9.17) is 28.1 Å². The number of hydrogen-bond donors (Lipinski definition) is 2. The molecule has 2 aromatic carbocycles. The smallest absolute Gasteiger partial charge is 0.336 e. The number of fused-ring (bicyclic) bond motifs is 3. The van der Waals surface area contributed by atoms with Crippen molar-refractivity contribution in [2.75, 3.05) is 27.9 Å². The standard InChI is InChI=1S/C21H20O9/c1-25-12-7-11(8-13(26-2)17(12)24)18-15(9-22)28-21-19-10(4-5-16(23)29-19)6-14(27-3)20(21)30-18/h4-8,15,18,22,24H,9H2,1-3H3/t15?,18-/m1/s1. The molecule has 0 fully saturated rings. The van der Waals surface area contributed by atoms with E-state index in [0.29, 0.717) is 16.7 Å². The van der Waals surface area contributed by atoms with Crippen LogP contribution in [0.4, 0.5) is 0 Å². The van der Waals surface area contributed by atoms with Gasteiger partial charge in [0.15, 0.2) is 35.0 Å². The minimum Gasteiger partial charge on any atom is -0.502 e. The van der Waals surface area contributed by atoms with Crippen molar-refractivity contribution in [1.29, 1.82) is 0 Å². The molecule has 1 unspecified atom stereocenters. The molecular formula is C21H20O9. The molecule has 2 atom stereocenters. The van der Waals surface area contributed by atoms with Crippen LogP contribution in [0.2, 0.25) is 0 Å². The van der Waals surface area contributed by atoms with Crippen LogP contribution in [0, 0.1) is 0 Å². The van der Waals surface area contributed by atoms with Crippen LogP contribution in [0.1, 0.15) is 11.7 Å². The molecule has 0 radical (unpaired) electrons. The quantitative estimate of drug-likeness (QED) is 0.605. The number of rotatable bonds is 5. The third-order valence-corrected chi connectivity index (χ3v) is 4.87. The van der Waals surface area contributed by atoms with Crippen LogP contribution in [-0.2, 0) is 0 Å². The number of ether oxygens (including phenoxy) is 5. The number of benzene rings is 2. The Labute approximate surface area is 170 Å². The van der Waals surface area contributed by atoms with Gasteiger partial charge < -0.3 is 38.3 Å². The molecule has 2 heterocycles. The fourth-order valence-corrected chi connectivity index (χ4v) is 3.42. The lowest BCUT2D eigenvalue weighted by atomic mass is 10.0. The maximum atomic E-state index is 11.7. The molecule has 30 heavy (non-hydrogen) atoms. The highest BCUT2D eigenvalue weighted by atomic mass is 16.6. The maximum Gasteiger partial charge on any atom is 0.336 e. The van der Waals surface area contributed by atoms with Crippen LogP contribution < -0.4 is 29.3 Å². The van der Waals surface area contributed by atoms with E-state index >= 15 is 0 Å². The number of aliphatic hydroxyl groups is 1. The monoisotopic (exact) mass is 416 g/mol. The zero-order valence-corrected chi connectivity index (χ0v) is 16.5. The van der Waals surface area contributed by atoms with E-state index in [1.807, 2.05) is 0 Å². The first kappa shape index (κ1) is 19.7. The molecule has 0 saturated carbocycles. The summed E-state index contributed by atoms with van der Waals surface area (Å²) in [5.41, 5.74) is 0.174. The van der Waals surface area contributed by atoms with Crippen molar-refractivity contribution in [3.63, 3.8) is 0 Å². The highest BCUT2D eigenvalue weighted by Crippen LogP contribution is 2.50. The van der Waals surface area contributed by atoms with E-state index in [1.54, 1.807) is 24.3 Å². The molecule has 1 aliphatic heterocycles. The second-order valence-corrected chi connectivity index (χ2v) is 6.56. The van der Waals surface area contributed by atoms with Crippen LogP contribution in [0.15, 0.2) is 39.5 Å². The van der Waals surface area contributed by atoms with Crippen molar-refractivity contribution >= 4 is 11.0 Å². The Morgan fingerprint density at radius 3 is 2.20 bits per heavy atom. The highest BCUT2D eigenvalue weighted by molar-refractivity contribution is 5.88. The summed E-state index contributed by atoms with van der Waals surface area (Å²) < 4.78 is 33.3. The summed E-state index contributed by atoms with van der Waals surface area (Å²) in [6.07, 6.45) is -1.65. The van der Waals surface area contributed by atoms with Gasteiger partial charge in [0.1, 0.15) is 0 Å². The summed E-state index contributed by atoms with van der Waals surface area (Å²) in [6.45, 7) is -0.397. The predicted molar refractivity (Wildman–Crippen MR) is 105 cm³/mol. The Kier molecular flexibility index (Phi) is 5.04. The number of aliphatic hydroxyl groups excluding tert-OH is 1. The van der Waals surface area contributed by atoms with Gasteiger partial charge in [0.2, 0.25) is 17.2 Å². The summed E-state index contributed by atoms with van der Waals surface area (Å²) >= 11 is 0. The molecule has 158 valence electrons. The molecule has 0 saturated heterocycles. The summed E-state index contributed by atoms with van der Waals surface area (Å²) in [5, 5.41) is 20.7. The van der Waals surface area contributed by atoms with E-state index in [0.717, 1.165) is 0 Å². The molecule has 0 spiro atoms. The van der Waals surface area contributed by atoms with Gasteiger partial charge in [-0.15, -0.1) is 0 Å². The van der Waals surface area contributed by atoms with Crippen LogP contribution in [0.3, 0.4) is 0 Å². The summed E-state index contributed by atoms with van der Waals surface area (Å²) in [4.78, 5) is 11.7. The Morgan fingerprint density at radius 2 is 1.60 bits per heavy atom. The molecule has 3 aromatic rings. The molecule has 1 aliphatic rings. The highest BCUT2D eigenvalue weighted by Gasteiger charge is 2.37. The second kappa shape index (κ2) is 7.68. The first-order chi connectivity index (χ1) is 14.5. The Bertz CT molecular complexity index is 1130. The van der Waals surface area contributed by atoms with Crippen molar-refractivity contribution in [2.24, 2.45) is 0 Å². The van der Waals surface area contributed by atoms with Gasteiger partial charge in [-0.3, -0.25) is 0 Å². The molecule has 0 aliphatic carbocycles. The minimum atomic E-state index is -0.850. The number of hydrogen-bond acceptors (Lipinski definition) is 9. The molecule has 9 nitrogen and oxygen atoms in total. The van der Waals surface area contributed by atoms with Crippen LogP contribution in [0.25, 0.3) is 11.0 Å². The fraction of sp³-hybridized carbons (Fsp3) is 0.286. The van der Waals surface area contributed by atoms with Crippen molar-refractivity contribution < 1.29 is 38.3 Å². The molecule has 0 bridgehead atoms. The zero-order valence-electron chi connectivity index (χ0n) is 16.5. The molecule has 9 heteroatoms. The lowest BCUT2D eigenvalue weighted by Crippen LogP contribution is -2.36. The Balaban J connectivity index is 1.89. The van der Waals surface area contributed by atoms with Crippen molar-refractivity contribution in [3.8, 4) is 34.5 Å². The van der Waals surface area contributed by atoms with E-state index in [1.165, 1.54) is 27.4 Å². The van der Waals surface area contributed by atoms with Gasteiger partial charge in [0.25, 0.3) is 0 Å². The first-order valence-electron chi connectivity index (χ1n) is 9.04. The van der Waals surface area contributed by atoms with Gasteiger partial charge in [0, 0.05) is 17.0 Å². The third-order valence-electron chi connectivity index (χ3n) is 4.87. The van der Waals surface area contributed by atoms with Crippen LogP contribution >= 0.6 is 0 Å². The summed E-state index contributed by atoms with van der Waals surface area (Å²) in [5.74, 6) is 0.936. The SMILES string of the molecule is COc1cc([C@H]2Oc3c(OC)cc4ccc(=O)oc4c3OC2CO)cc(OC)c1O. The Morgan fingerprint density at radius 1 is 0.933 bits per heavy atom. The topological polar surface area (TPSA) is 117 Å². The number of phenols is 1. The van der Waals surface area contributed by atoms with Crippen molar-refractivity contribution in [2.45, 2.75) is 12.2 Å². The predicted octanol–water partition coefficient (Wildman–Crippen LogP) is 2.40. The largest absolute Gasteiger partial charge is 0.502 e. The lowest BCUT2D eigenvalue weighted by molar-refractivity contribution is -0.0136. The maximum absolute atomic E-state index is 11.7. The van der Waals surface area contributed by atoms with E-state index in [-0.39, 0.29) is 34.3 Å². The number of methoxy groups -OCH3 is 3. The van der Waals surface area contributed by atoms with E-state index in [9.17, 15) is 15.0 Å². The molecule has 1 aromatic heterocycles. The van der Waals surface area contributed by atoms with Gasteiger partial charge in [-0.25, -0.2) is 4.79 Å². The van der Waals surface area contributed by atoms with Gasteiger partial charge in [0.05, 0.1) is 27.9 Å². The fourth-order valence-electron chi connectivity index (χ4n) is 3.42. The average Bonchev–Trinajstić information content (AvgIpc) is 2.77. The normalized spacial score (nSPS) is 17.6. The minimum absolute atomic E-state index is 0.160. The van der Waals surface area contributed by atoms with Gasteiger partial charge in [-0.2, -0.15) is 0 Å². The third kappa shape index (κ3) is 3.13. The van der Waals surface area contributed by atoms with E-state index in [2.05, 4.69) is 0 Å². The molecular weight excluding hydrogens is 396 g/mol. The Hall–Kier alpha value is -3.59.